The molecule has 25 heavy (non-hydrogen) atoms. The zero-order chi connectivity index (χ0) is 18.1. The minimum atomic E-state index is 0.0993. The molecule has 124 valence electrons. The number of halogens is 2. The number of aromatic nitrogens is 1. The Morgan fingerprint density at radius 2 is 1.64 bits per heavy atom. The molecule has 0 aliphatic heterocycles. The molecule has 0 aliphatic rings. The third kappa shape index (κ3) is 3.13. The standard InChI is InChI=1S/C19H13Br2N3O/c1-10-16(11-5-3-2-4-6-11)17(13(9-22)19(23)24-10)12-7-14(20)18(25)15(21)8-12/h2-8,25H,1H3,(H2,23,24). The lowest BCUT2D eigenvalue weighted by Crippen LogP contribution is -2.03. The van der Waals surface area contributed by atoms with Gasteiger partial charge in [-0.15, -0.1) is 0 Å². The first-order valence-electron chi connectivity index (χ1n) is 7.38. The molecule has 0 bridgehead atoms. The second-order valence-electron chi connectivity index (χ2n) is 5.47. The first-order valence-corrected chi connectivity index (χ1v) is 8.96. The highest BCUT2D eigenvalue weighted by Gasteiger charge is 2.21. The van der Waals surface area contributed by atoms with E-state index in [1.807, 2.05) is 37.3 Å². The number of pyridine rings is 1. The number of nitriles is 1. The molecule has 3 N–H and O–H groups in total. The number of nitrogens with zero attached hydrogens (tertiary/aromatic N) is 2. The molecule has 1 aromatic heterocycles. The first-order chi connectivity index (χ1) is 11.9. The smallest absolute Gasteiger partial charge is 0.143 e. The molecule has 0 unspecified atom stereocenters. The fourth-order valence-electron chi connectivity index (χ4n) is 2.80. The third-order valence-corrected chi connectivity index (χ3v) is 5.09. The minimum Gasteiger partial charge on any atom is -0.506 e. The average Bonchev–Trinajstić information content (AvgIpc) is 2.59. The quantitative estimate of drug-likeness (QED) is 0.537. The number of phenols is 1. The van der Waals surface area contributed by atoms with E-state index in [2.05, 4.69) is 42.9 Å². The molecule has 6 heteroatoms. The fraction of sp³-hybridized carbons (Fsp3) is 0.0526. The summed E-state index contributed by atoms with van der Waals surface area (Å²) in [6.07, 6.45) is 0. The molecule has 3 aromatic rings. The van der Waals surface area contributed by atoms with Gasteiger partial charge in [0.15, 0.2) is 0 Å². The van der Waals surface area contributed by atoms with Crippen molar-refractivity contribution in [2.45, 2.75) is 6.92 Å². The Morgan fingerprint density at radius 1 is 1.04 bits per heavy atom. The van der Waals surface area contributed by atoms with E-state index in [0.717, 1.165) is 22.4 Å². The van der Waals surface area contributed by atoms with Gasteiger partial charge in [0.2, 0.25) is 0 Å². The zero-order valence-electron chi connectivity index (χ0n) is 13.2. The molecule has 1 heterocycles. The van der Waals surface area contributed by atoms with Gasteiger partial charge in [-0.05, 0) is 62.0 Å². The van der Waals surface area contributed by atoms with Gasteiger partial charge in [-0.2, -0.15) is 5.26 Å². The molecule has 0 amide bonds. The largest absolute Gasteiger partial charge is 0.506 e. The summed E-state index contributed by atoms with van der Waals surface area (Å²) in [5.41, 5.74) is 10.3. The first kappa shape index (κ1) is 17.5. The lowest BCUT2D eigenvalue weighted by Gasteiger charge is -2.17. The van der Waals surface area contributed by atoms with Crippen LogP contribution in [0.2, 0.25) is 0 Å². The van der Waals surface area contributed by atoms with E-state index in [0.29, 0.717) is 20.1 Å². The lowest BCUT2D eigenvalue weighted by molar-refractivity contribution is 0.468. The Balaban J connectivity index is 2.45. The summed E-state index contributed by atoms with van der Waals surface area (Å²) in [4.78, 5) is 4.35. The van der Waals surface area contributed by atoms with Crippen molar-refractivity contribution in [2.75, 3.05) is 5.73 Å². The number of aryl methyl sites for hydroxylation is 1. The average molecular weight is 459 g/mol. The van der Waals surface area contributed by atoms with Crippen LogP contribution in [-0.2, 0) is 0 Å². The van der Waals surface area contributed by atoms with Crippen LogP contribution >= 0.6 is 31.9 Å². The topological polar surface area (TPSA) is 82.9 Å². The van der Waals surface area contributed by atoms with Gasteiger partial charge in [0.1, 0.15) is 23.2 Å². The predicted octanol–water partition coefficient (Wildman–Crippen LogP) is 5.41. The summed E-state index contributed by atoms with van der Waals surface area (Å²) < 4.78 is 1.04. The summed E-state index contributed by atoms with van der Waals surface area (Å²) in [7, 11) is 0. The third-order valence-electron chi connectivity index (χ3n) is 3.89. The van der Waals surface area contributed by atoms with Gasteiger partial charge in [-0.3, -0.25) is 0 Å². The van der Waals surface area contributed by atoms with Crippen molar-refractivity contribution in [1.29, 1.82) is 5.26 Å². The number of phenolic OH excluding ortho intramolecular Hbond substituents is 1. The van der Waals surface area contributed by atoms with Gasteiger partial charge in [0.25, 0.3) is 0 Å². The van der Waals surface area contributed by atoms with E-state index in [1.54, 1.807) is 12.1 Å². The maximum Gasteiger partial charge on any atom is 0.143 e. The Morgan fingerprint density at radius 3 is 2.20 bits per heavy atom. The van der Waals surface area contributed by atoms with E-state index < -0.39 is 0 Å². The monoisotopic (exact) mass is 457 g/mol. The number of hydrogen-bond acceptors (Lipinski definition) is 4. The molecule has 3 rings (SSSR count). The SMILES string of the molecule is Cc1nc(N)c(C#N)c(-c2cc(Br)c(O)c(Br)c2)c1-c1ccccc1. The predicted molar refractivity (Wildman–Crippen MR) is 106 cm³/mol. The highest BCUT2D eigenvalue weighted by atomic mass is 79.9. The molecule has 0 atom stereocenters. The van der Waals surface area contributed by atoms with Crippen molar-refractivity contribution in [3.63, 3.8) is 0 Å². The molecule has 4 nitrogen and oxygen atoms in total. The lowest BCUT2D eigenvalue weighted by atomic mass is 9.90. The molecule has 0 saturated carbocycles. The van der Waals surface area contributed by atoms with Gasteiger partial charge in [0, 0.05) is 16.8 Å². The Kier molecular flexibility index (Phi) is 4.80. The van der Waals surface area contributed by atoms with E-state index in [-0.39, 0.29) is 11.6 Å². The van der Waals surface area contributed by atoms with E-state index in [4.69, 9.17) is 5.73 Å². The maximum absolute atomic E-state index is 10.0. The van der Waals surface area contributed by atoms with Crippen LogP contribution in [0, 0.1) is 18.3 Å². The summed E-state index contributed by atoms with van der Waals surface area (Å²) in [5.74, 6) is 0.289. The zero-order valence-corrected chi connectivity index (χ0v) is 16.4. The van der Waals surface area contributed by atoms with Gasteiger partial charge < -0.3 is 10.8 Å². The normalized spacial score (nSPS) is 10.5. The van der Waals surface area contributed by atoms with Crippen LogP contribution in [-0.4, -0.2) is 10.1 Å². The second kappa shape index (κ2) is 6.87. The number of hydrogen-bond donors (Lipinski definition) is 2. The molecule has 2 aromatic carbocycles. The van der Waals surface area contributed by atoms with Crippen molar-refractivity contribution in [3.05, 3.63) is 62.7 Å². The van der Waals surface area contributed by atoms with Gasteiger partial charge in [-0.25, -0.2) is 4.98 Å². The highest BCUT2D eigenvalue weighted by molar-refractivity contribution is 9.11. The minimum absolute atomic E-state index is 0.0993. The number of anilines is 1. The fourth-order valence-corrected chi connectivity index (χ4v) is 3.98. The van der Waals surface area contributed by atoms with Crippen LogP contribution in [0.15, 0.2) is 51.4 Å². The van der Waals surface area contributed by atoms with Gasteiger partial charge in [-0.1, -0.05) is 30.3 Å². The van der Waals surface area contributed by atoms with Crippen molar-refractivity contribution in [1.82, 2.24) is 4.98 Å². The summed E-state index contributed by atoms with van der Waals surface area (Å²) in [5, 5.41) is 19.7. The van der Waals surface area contributed by atoms with Crippen LogP contribution in [0.5, 0.6) is 5.75 Å². The number of rotatable bonds is 2. The highest BCUT2D eigenvalue weighted by Crippen LogP contribution is 2.43. The number of nitrogens with two attached hydrogens (primary N) is 1. The van der Waals surface area contributed by atoms with Crippen LogP contribution in [0.1, 0.15) is 11.3 Å². The van der Waals surface area contributed by atoms with Gasteiger partial charge in [0.05, 0.1) is 8.95 Å². The van der Waals surface area contributed by atoms with Gasteiger partial charge >= 0.3 is 0 Å². The molecule has 0 fully saturated rings. The number of aromatic hydroxyl groups is 1. The van der Waals surface area contributed by atoms with Crippen molar-refractivity contribution < 1.29 is 5.11 Å². The molecule has 0 radical (unpaired) electrons. The molecule has 0 aliphatic carbocycles. The van der Waals surface area contributed by atoms with Crippen LogP contribution in [0.25, 0.3) is 22.3 Å². The van der Waals surface area contributed by atoms with Crippen molar-refractivity contribution >= 4 is 37.7 Å². The van der Waals surface area contributed by atoms with E-state index in [1.165, 1.54) is 0 Å². The summed E-state index contributed by atoms with van der Waals surface area (Å²) in [6, 6.07) is 15.4. The summed E-state index contributed by atoms with van der Waals surface area (Å²) >= 11 is 6.70. The van der Waals surface area contributed by atoms with Crippen LogP contribution < -0.4 is 5.73 Å². The van der Waals surface area contributed by atoms with Crippen molar-refractivity contribution in [3.8, 4) is 34.1 Å². The second-order valence-corrected chi connectivity index (χ2v) is 7.18. The van der Waals surface area contributed by atoms with E-state index in [9.17, 15) is 10.4 Å². The van der Waals surface area contributed by atoms with Crippen LogP contribution in [0.3, 0.4) is 0 Å². The van der Waals surface area contributed by atoms with E-state index >= 15 is 0 Å². The molecule has 0 spiro atoms. The van der Waals surface area contributed by atoms with Crippen molar-refractivity contribution in [2.24, 2.45) is 0 Å². The Bertz CT molecular complexity index is 988. The molecular formula is C19H13Br2N3O. The Labute approximate surface area is 162 Å². The van der Waals surface area contributed by atoms with Crippen LogP contribution in [0.4, 0.5) is 5.82 Å². The molecular weight excluding hydrogens is 446 g/mol. The number of benzene rings is 2. The maximum atomic E-state index is 10.0. The number of nitrogen functional groups attached to an aromatic ring is 1. The molecule has 0 saturated heterocycles. The Hall–Kier alpha value is -2.36. The summed E-state index contributed by atoms with van der Waals surface area (Å²) in [6.45, 7) is 1.87.